The van der Waals surface area contributed by atoms with Gasteiger partial charge in [-0.25, -0.2) is 4.39 Å². The molecule has 1 amide bonds. The largest absolute Gasteiger partial charge is 0.340 e. The molecule has 0 atom stereocenters. The van der Waals surface area contributed by atoms with Gasteiger partial charge in [-0.15, -0.1) is 0 Å². The summed E-state index contributed by atoms with van der Waals surface area (Å²) in [5, 5.41) is 2.92. The maximum atomic E-state index is 13.2. The Kier molecular flexibility index (Phi) is 4.17. The molecular weight excluding hydrogens is 197 g/mol. The van der Waals surface area contributed by atoms with Crippen LogP contribution in [0, 0.1) is 5.82 Å². The average Bonchev–Trinajstić information content (AvgIpc) is 2.25. The summed E-state index contributed by atoms with van der Waals surface area (Å²) in [4.78, 5) is 16.8. The van der Waals surface area contributed by atoms with Crippen molar-refractivity contribution in [1.82, 2.24) is 15.2 Å². The first-order chi connectivity index (χ1) is 7.16. The van der Waals surface area contributed by atoms with Crippen LogP contribution in [0.3, 0.4) is 0 Å². The summed E-state index contributed by atoms with van der Waals surface area (Å²) < 4.78 is 13.2. The fraction of sp³-hybridized carbons (Fsp3) is 0.400. The van der Waals surface area contributed by atoms with Crippen LogP contribution in [0.2, 0.25) is 0 Å². The highest BCUT2D eigenvalue weighted by atomic mass is 19.1. The van der Waals surface area contributed by atoms with Gasteiger partial charge >= 0.3 is 0 Å². The quantitative estimate of drug-likeness (QED) is 0.789. The molecule has 0 bridgehead atoms. The number of hydrogen-bond acceptors (Lipinski definition) is 3. The van der Waals surface area contributed by atoms with Gasteiger partial charge in [0.1, 0.15) is 0 Å². The van der Waals surface area contributed by atoms with Gasteiger partial charge in [0.2, 0.25) is 0 Å². The van der Waals surface area contributed by atoms with Gasteiger partial charge in [0.25, 0.3) is 5.91 Å². The van der Waals surface area contributed by atoms with Crippen LogP contribution in [0.1, 0.15) is 10.4 Å². The maximum absolute atomic E-state index is 13.2. The molecule has 15 heavy (non-hydrogen) atoms. The Hall–Kier alpha value is -1.49. The monoisotopic (exact) mass is 211 g/mol. The van der Waals surface area contributed by atoms with E-state index in [0.29, 0.717) is 13.1 Å². The van der Waals surface area contributed by atoms with Gasteiger partial charge < -0.3 is 10.2 Å². The van der Waals surface area contributed by atoms with Gasteiger partial charge in [-0.3, -0.25) is 9.78 Å². The van der Waals surface area contributed by atoms with Gasteiger partial charge in [0, 0.05) is 26.3 Å². The standard InChI is InChI=1S/C10H14FN3O/c1-12-5-6-14(2)10(15)8-3-4-13-7-9(8)11/h3-4,7,12H,5-6H2,1-2H3. The van der Waals surface area contributed by atoms with E-state index in [1.54, 1.807) is 14.1 Å². The highest BCUT2D eigenvalue weighted by molar-refractivity contribution is 5.94. The molecular formula is C10H14FN3O. The third kappa shape index (κ3) is 2.99. The zero-order chi connectivity index (χ0) is 11.3. The van der Waals surface area contributed by atoms with Gasteiger partial charge in [0.15, 0.2) is 5.82 Å². The molecule has 1 N–H and O–H groups in total. The number of likely N-dealkylation sites (N-methyl/N-ethyl adjacent to an activating group) is 2. The first-order valence-electron chi connectivity index (χ1n) is 4.66. The molecule has 0 fully saturated rings. The summed E-state index contributed by atoms with van der Waals surface area (Å²) in [5.74, 6) is -0.913. The van der Waals surface area contributed by atoms with E-state index < -0.39 is 5.82 Å². The van der Waals surface area contributed by atoms with Crippen molar-refractivity contribution in [2.45, 2.75) is 0 Å². The number of hydrogen-bond donors (Lipinski definition) is 1. The van der Waals surface area contributed by atoms with E-state index in [-0.39, 0.29) is 11.5 Å². The molecule has 0 saturated heterocycles. The van der Waals surface area contributed by atoms with Crippen LogP contribution < -0.4 is 5.32 Å². The van der Waals surface area contributed by atoms with E-state index >= 15 is 0 Å². The summed E-state index contributed by atoms with van der Waals surface area (Å²) in [6, 6.07) is 1.38. The van der Waals surface area contributed by atoms with Crippen molar-refractivity contribution < 1.29 is 9.18 Å². The molecule has 0 aliphatic heterocycles. The minimum absolute atomic E-state index is 0.0589. The number of halogens is 1. The number of amides is 1. The van der Waals surface area contributed by atoms with E-state index in [4.69, 9.17) is 0 Å². The van der Waals surface area contributed by atoms with Gasteiger partial charge in [-0.2, -0.15) is 0 Å². The summed E-state index contributed by atoms with van der Waals surface area (Å²) in [6.07, 6.45) is 2.45. The van der Waals surface area contributed by atoms with Crippen LogP contribution in [0.5, 0.6) is 0 Å². The van der Waals surface area contributed by atoms with Crippen molar-refractivity contribution in [3.05, 3.63) is 29.8 Å². The molecule has 0 spiro atoms. The number of carbonyl (C=O) groups excluding carboxylic acids is 1. The molecule has 0 unspecified atom stereocenters. The summed E-state index contributed by atoms with van der Waals surface area (Å²) in [5.41, 5.74) is 0.0589. The zero-order valence-electron chi connectivity index (χ0n) is 8.83. The third-order valence-electron chi connectivity index (χ3n) is 2.05. The molecule has 1 aromatic rings. The molecule has 0 radical (unpaired) electrons. The lowest BCUT2D eigenvalue weighted by molar-refractivity contribution is 0.0792. The van der Waals surface area contributed by atoms with Crippen LogP contribution in [0.25, 0.3) is 0 Å². The van der Waals surface area contributed by atoms with E-state index in [1.165, 1.54) is 17.2 Å². The number of nitrogens with one attached hydrogen (secondary N) is 1. The third-order valence-corrected chi connectivity index (χ3v) is 2.05. The van der Waals surface area contributed by atoms with Crippen molar-refractivity contribution in [3.63, 3.8) is 0 Å². The predicted octanol–water partition coefficient (Wildman–Crippen LogP) is 0.512. The first-order valence-corrected chi connectivity index (χ1v) is 4.66. The minimum Gasteiger partial charge on any atom is -0.340 e. The van der Waals surface area contributed by atoms with Crippen LogP contribution in [-0.2, 0) is 0 Å². The number of carbonyl (C=O) groups is 1. The SMILES string of the molecule is CNCCN(C)C(=O)c1ccncc1F. The highest BCUT2D eigenvalue weighted by Crippen LogP contribution is 2.06. The predicted molar refractivity (Wildman–Crippen MR) is 55.1 cm³/mol. The minimum atomic E-state index is -0.584. The number of aromatic nitrogens is 1. The molecule has 4 nitrogen and oxygen atoms in total. The molecule has 0 aliphatic rings. The first kappa shape index (κ1) is 11.6. The zero-order valence-corrected chi connectivity index (χ0v) is 8.83. The molecule has 1 aromatic heterocycles. The highest BCUT2D eigenvalue weighted by Gasteiger charge is 2.14. The summed E-state index contributed by atoms with van der Waals surface area (Å²) in [6.45, 7) is 1.21. The summed E-state index contributed by atoms with van der Waals surface area (Å²) in [7, 11) is 3.44. The summed E-state index contributed by atoms with van der Waals surface area (Å²) >= 11 is 0. The smallest absolute Gasteiger partial charge is 0.256 e. The molecule has 1 rings (SSSR count). The van der Waals surface area contributed by atoms with Gasteiger partial charge in [-0.05, 0) is 13.1 Å². The second-order valence-electron chi connectivity index (χ2n) is 3.19. The van der Waals surface area contributed by atoms with Crippen LogP contribution in [0.15, 0.2) is 18.5 Å². The Bertz CT molecular complexity index is 343. The second-order valence-corrected chi connectivity index (χ2v) is 3.19. The lowest BCUT2D eigenvalue weighted by Crippen LogP contribution is -2.33. The van der Waals surface area contributed by atoms with E-state index in [2.05, 4.69) is 10.3 Å². The number of pyridine rings is 1. The van der Waals surface area contributed by atoms with Crippen LogP contribution in [0.4, 0.5) is 4.39 Å². The average molecular weight is 211 g/mol. The fourth-order valence-electron chi connectivity index (χ4n) is 1.14. The van der Waals surface area contributed by atoms with E-state index in [0.717, 1.165) is 6.20 Å². The molecule has 0 saturated carbocycles. The van der Waals surface area contributed by atoms with Crippen molar-refractivity contribution in [1.29, 1.82) is 0 Å². The van der Waals surface area contributed by atoms with Crippen LogP contribution >= 0.6 is 0 Å². The van der Waals surface area contributed by atoms with Crippen molar-refractivity contribution >= 4 is 5.91 Å². The molecule has 5 heteroatoms. The lowest BCUT2D eigenvalue weighted by Gasteiger charge is -2.16. The van der Waals surface area contributed by atoms with Crippen LogP contribution in [-0.4, -0.2) is 43.0 Å². The van der Waals surface area contributed by atoms with Crippen molar-refractivity contribution in [2.24, 2.45) is 0 Å². The Morgan fingerprint density at radius 1 is 1.67 bits per heavy atom. The fourth-order valence-corrected chi connectivity index (χ4v) is 1.14. The topological polar surface area (TPSA) is 45.2 Å². The Balaban J connectivity index is 2.72. The Labute approximate surface area is 88.1 Å². The van der Waals surface area contributed by atoms with E-state index in [9.17, 15) is 9.18 Å². The Morgan fingerprint density at radius 3 is 3.00 bits per heavy atom. The lowest BCUT2D eigenvalue weighted by atomic mass is 10.2. The van der Waals surface area contributed by atoms with E-state index in [1.807, 2.05) is 0 Å². The Morgan fingerprint density at radius 2 is 2.40 bits per heavy atom. The second kappa shape index (κ2) is 5.41. The van der Waals surface area contributed by atoms with Gasteiger partial charge in [0.05, 0.1) is 11.8 Å². The number of rotatable bonds is 4. The van der Waals surface area contributed by atoms with Crippen molar-refractivity contribution in [3.8, 4) is 0 Å². The molecule has 0 aromatic carbocycles. The molecule has 0 aliphatic carbocycles. The normalized spacial score (nSPS) is 10.1. The molecule has 82 valence electrons. The molecule has 1 heterocycles. The maximum Gasteiger partial charge on any atom is 0.256 e. The van der Waals surface area contributed by atoms with Crippen molar-refractivity contribution in [2.75, 3.05) is 27.2 Å². The van der Waals surface area contributed by atoms with Gasteiger partial charge in [-0.1, -0.05) is 0 Å². The number of nitrogens with zero attached hydrogens (tertiary/aromatic N) is 2.